The molecule has 3 aromatic rings. The van der Waals surface area contributed by atoms with E-state index in [1.54, 1.807) is 53.4 Å². The standard InChI is InChI=1S/C29H31N3O7S/c1-31(40(3,36)37)21-9-6-19(7-10-21)29(35)32-16-22-20-8-12-25(38-2)27(15-20)39-26-14-18(4-11-24(26)33)5-13-28(34)30-23(22)17-32/h4,6-12,14-15,22-23,33H,5,13,16-17H2,1-3H3,(H,30,34)/t22-,23+/m0/s1. The van der Waals surface area contributed by atoms with E-state index in [0.717, 1.165) is 21.7 Å². The number of anilines is 1. The second-order valence-electron chi connectivity index (χ2n) is 10.1. The summed E-state index contributed by atoms with van der Waals surface area (Å²) in [5.41, 5.74) is 2.54. The number of likely N-dealkylation sites (tertiary alicyclic amines) is 1. The largest absolute Gasteiger partial charge is 0.504 e. The monoisotopic (exact) mass is 565 g/mol. The number of carbonyl (C=O) groups excluding carboxylic acids is 2. The summed E-state index contributed by atoms with van der Waals surface area (Å²) in [6, 6.07) is 16.5. The van der Waals surface area contributed by atoms with Gasteiger partial charge in [-0.1, -0.05) is 12.1 Å². The molecule has 0 aromatic heterocycles. The number of nitrogens with zero attached hydrogens (tertiary/aromatic N) is 2. The highest BCUT2D eigenvalue weighted by molar-refractivity contribution is 7.92. The number of carbonyl (C=O) groups is 2. The van der Waals surface area contributed by atoms with Gasteiger partial charge in [0.15, 0.2) is 23.0 Å². The van der Waals surface area contributed by atoms with Crippen molar-refractivity contribution in [3.05, 3.63) is 77.4 Å². The fourth-order valence-electron chi connectivity index (χ4n) is 5.10. The van der Waals surface area contributed by atoms with Crippen LogP contribution in [0.3, 0.4) is 0 Å². The number of aromatic hydroxyl groups is 1. The molecule has 10 nitrogen and oxygen atoms in total. The first kappa shape index (κ1) is 27.3. The zero-order valence-corrected chi connectivity index (χ0v) is 23.3. The summed E-state index contributed by atoms with van der Waals surface area (Å²) in [5, 5.41) is 13.5. The van der Waals surface area contributed by atoms with Crippen LogP contribution < -0.4 is 19.1 Å². The maximum Gasteiger partial charge on any atom is 0.253 e. The van der Waals surface area contributed by atoms with Crippen molar-refractivity contribution in [3.8, 4) is 23.0 Å². The van der Waals surface area contributed by atoms with Gasteiger partial charge in [0.2, 0.25) is 15.9 Å². The second kappa shape index (κ2) is 10.7. The molecule has 0 spiro atoms. The van der Waals surface area contributed by atoms with E-state index in [1.807, 2.05) is 12.1 Å². The van der Waals surface area contributed by atoms with E-state index in [2.05, 4.69) is 5.32 Å². The van der Waals surface area contributed by atoms with Crippen LogP contribution in [0.25, 0.3) is 0 Å². The number of fused-ring (bicyclic) bond motifs is 6. The van der Waals surface area contributed by atoms with E-state index in [4.69, 9.17) is 9.47 Å². The first-order chi connectivity index (χ1) is 19.0. The number of hydrogen-bond acceptors (Lipinski definition) is 7. The molecular formula is C29H31N3O7S. The molecule has 1 fully saturated rings. The average Bonchev–Trinajstić information content (AvgIpc) is 3.35. The zero-order chi connectivity index (χ0) is 28.6. The summed E-state index contributed by atoms with van der Waals surface area (Å²) >= 11 is 0. The fourth-order valence-corrected chi connectivity index (χ4v) is 5.60. The molecule has 210 valence electrons. The number of amides is 2. The Hall–Kier alpha value is -4.25. The van der Waals surface area contributed by atoms with Gasteiger partial charge in [0.1, 0.15) is 0 Å². The van der Waals surface area contributed by atoms with Crippen molar-refractivity contribution in [2.75, 3.05) is 37.8 Å². The van der Waals surface area contributed by atoms with Crippen LogP contribution in [-0.4, -0.2) is 69.8 Å². The molecular weight excluding hydrogens is 534 g/mol. The van der Waals surface area contributed by atoms with E-state index >= 15 is 0 Å². The maximum atomic E-state index is 13.5. The second-order valence-corrected chi connectivity index (χ2v) is 12.1. The van der Waals surface area contributed by atoms with Crippen LogP contribution >= 0.6 is 0 Å². The first-order valence-corrected chi connectivity index (χ1v) is 14.7. The number of phenols is 1. The Morgan fingerprint density at radius 2 is 1.80 bits per heavy atom. The normalized spacial score (nSPS) is 18.8. The molecule has 2 aliphatic rings. The number of methoxy groups -OCH3 is 1. The molecule has 40 heavy (non-hydrogen) atoms. The molecule has 0 unspecified atom stereocenters. The van der Waals surface area contributed by atoms with Gasteiger partial charge in [-0.25, -0.2) is 8.42 Å². The zero-order valence-electron chi connectivity index (χ0n) is 22.5. The molecule has 2 N–H and O–H groups in total. The Labute approximate surface area is 233 Å². The molecule has 4 bridgehead atoms. The molecule has 5 rings (SSSR count). The van der Waals surface area contributed by atoms with Gasteiger partial charge in [-0.2, -0.15) is 0 Å². The van der Waals surface area contributed by atoms with Gasteiger partial charge < -0.3 is 24.8 Å². The van der Waals surface area contributed by atoms with Gasteiger partial charge in [0, 0.05) is 38.0 Å². The SMILES string of the molecule is COc1ccc2cc1Oc1cc(ccc1O)CCC(=O)N[C@@H]1CN(C(=O)c3ccc(N(C)S(C)(=O)=O)cc3)C[C@@H]21. The molecule has 2 heterocycles. The van der Waals surface area contributed by atoms with Crippen molar-refractivity contribution in [3.63, 3.8) is 0 Å². The van der Waals surface area contributed by atoms with Crippen LogP contribution in [0, 0.1) is 0 Å². The van der Waals surface area contributed by atoms with Gasteiger partial charge >= 0.3 is 0 Å². The topological polar surface area (TPSA) is 125 Å². The minimum Gasteiger partial charge on any atom is -0.504 e. The molecule has 1 saturated heterocycles. The summed E-state index contributed by atoms with van der Waals surface area (Å²) in [5.74, 6) is 0.537. The lowest BCUT2D eigenvalue weighted by Gasteiger charge is -2.21. The number of phenolic OH excluding ortho intramolecular Hbond substituents is 1. The Morgan fingerprint density at radius 3 is 2.50 bits per heavy atom. The average molecular weight is 566 g/mol. The molecule has 0 saturated carbocycles. The third-order valence-electron chi connectivity index (χ3n) is 7.43. The summed E-state index contributed by atoms with van der Waals surface area (Å²) in [6.45, 7) is 0.649. The lowest BCUT2D eigenvalue weighted by atomic mass is 9.93. The van der Waals surface area contributed by atoms with Crippen molar-refractivity contribution < 1.29 is 32.6 Å². The minimum absolute atomic E-state index is 0.0280. The number of rotatable bonds is 4. The maximum absolute atomic E-state index is 13.5. The van der Waals surface area contributed by atoms with Crippen molar-refractivity contribution in [2.24, 2.45) is 0 Å². The number of nitrogens with one attached hydrogen (secondary N) is 1. The van der Waals surface area contributed by atoms with E-state index in [-0.39, 0.29) is 41.7 Å². The summed E-state index contributed by atoms with van der Waals surface area (Å²) < 4.78 is 36.5. The summed E-state index contributed by atoms with van der Waals surface area (Å²) in [4.78, 5) is 28.2. The predicted molar refractivity (Wildman–Crippen MR) is 150 cm³/mol. The lowest BCUT2D eigenvalue weighted by molar-refractivity contribution is -0.121. The van der Waals surface area contributed by atoms with Crippen molar-refractivity contribution in [1.29, 1.82) is 0 Å². The van der Waals surface area contributed by atoms with Crippen LogP contribution in [0.4, 0.5) is 5.69 Å². The number of sulfonamides is 1. The molecule has 0 radical (unpaired) electrons. The van der Waals surface area contributed by atoms with Crippen LogP contribution in [-0.2, 0) is 21.2 Å². The quantitative estimate of drug-likeness (QED) is 0.498. The summed E-state index contributed by atoms with van der Waals surface area (Å²) in [7, 11) is -0.444. The highest BCUT2D eigenvalue weighted by atomic mass is 32.2. The van der Waals surface area contributed by atoms with Crippen LogP contribution in [0.2, 0.25) is 0 Å². The van der Waals surface area contributed by atoms with Gasteiger partial charge in [-0.05, 0) is 66.1 Å². The van der Waals surface area contributed by atoms with Gasteiger partial charge in [0.25, 0.3) is 5.91 Å². The third kappa shape index (κ3) is 5.55. The molecule has 2 amide bonds. The van der Waals surface area contributed by atoms with E-state index in [0.29, 0.717) is 42.3 Å². The lowest BCUT2D eigenvalue weighted by Crippen LogP contribution is -2.40. The Morgan fingerprint density at radius 1 is 1.05 bits per heavy atom. The predicted octanol–water partition coefficient (Wildman–Crippen LogP) is 3.26. The van der Waals surface area contributed by atoms with Gasteiger partial charge in [0.05, 0.1) is 25.1 Å². The highest BCUT2D eigenvalue weighted by Gasteiger charge is 2.38. The number of ether oxygens (including phenoxy) is 2. The van der Waals surface area contributed by atoms with Crippen LogP contribution in [0.1, 0.15) is 33.8 Å². The molecule has 0 aliphatic carbocycles. The van der Waals surface area contributed by atoms with Crippen molar-refractivity contribution in [1.82, 2.24) is 10.2 Å². The molecule has 2 atom stereocenters. The van der Waals surface area contributed by atoms with Crippen LogP contribution in [0.15, 0.2) is 60.7 Å². The number of benzene rings is 3. The van der Waals surface area contributed by atoms with E-state index in [1.165, 1.54) is 14.2 Å². The smallest absolute Gasteiger partial charge is 0.253 e. The Kier molecular flexibility index (Phi) is 7.33. The highest BCUT2D eigenvalue weighted by Crippen LogP contribution is 2.40. The third-order valence-corrected chi connectivity index (χ3v) is 8.64. The Balaban J connectivity index is 1.46. The molecule has 2 aliphatic heterocycles. The minimum atomic E-state index is -3.43. The molecule has 3 aromatic carbocycles. The first-order valence-electron chi connectivity index (χ1n) is 12.8. The van der Waals surface area contributed by atoms with Crippen molar-refractivity contribution >= 4 is 27.5 Å². The van der Waals surface area contributed by atoms with Crippen molar-refractivity contribution in [2.45, 2.75) is 24.8 Å². The van der Waals surface area contributed by atoms with Gasteiger partial charge in [-0.15, -0.1) is 0 Å². The van der Waals surface area contributed by atoms with E-state index < -0.39 is 10.0 Å². The number of aryl methyl sites for hydroxylation is 1. The Bertz CT molecular complexity index is 1560. The molecule has 11 heteroatoms. The van der Waals surface area contributed by atoms with E-state index in [9.17, 15) is 23.1 Å². The van der Waals surface area contributed by atoms with Gasteiger partial charge in [-0.3, -0.25) is 13.9 Å². The van der Waals surface area contributed by atoms with Crippen LogP contribution in [0.5, 0.6) is 23.0 Å². The number of hydrogen-bond donors (Lipinski definition) is 2. The fraction of sp³-hybridized carbons (Fsp3) is 0.310. The summed E-state index contributed by atoms with van der Waals surface area (Å²) in [6.07, 6.45) is 1.80.